The molecule has 0 heterocycles. The molecular weight excluding hydrogens is 156 g/mol. The molecule has 0 fully saturated rings. The van der Waals surface area contributed by atoms with Crippen LogP contribution in [-0.2, 0) is 14.3 Å². The van der Waals surface area contributed by atoms with E-state index in [0.717, 1.165) is 0 Å². The summed E-state index contributed by atoms with van der Waals surface area (Å²) in [6.07, 6.45) is 0. The van der Waals surface area contributed by atoms with Gasteiger partial charge in [0.2, 0.25) is 0 Å². The average molecular weight is 176 g/mol. The van der Waals surface area contributed by atoms with E-state index < -0.39 is 5.41 Å². The van der Waals surface area contributed by atoms with Gasteiger partial charge in [0, 0.05) is 7.11 Å². The fourth-order valence-corrected chi connectivity index (χ4v) is 0.329. The van der Waals surface area contributed by atoms with E-state index in [1.807, 2.05) is 13.8 Å². The zero-order valence-corrected chi connectivity index (χ0v) is 8.93. The molecule has 0 unspecified atom stereocenters. The van der Waals surface area contributed by atoms with Gasteiger partial charge in [0.1, 0.15) is 0 Å². The van der Waals surface area contributed by atoms with Crippen LogP contribution in [0.3, 0.4) is 0 Å². The summed E-state index contributed by atoms with van der Waals surface area (Å²) in [5, 5.41) is 0. The Morgan fingerprint density at radius 1 is 1.25 bits per heavy atom. The summed E-state index contributed by atoms with van der Waals surface area (Å²) in [6.45, 7) is 9.43. The lowest BCUT2D eigenvalue weighted by atomic mass is 9.98. The smallest absolute Gasteiger partial charge is 0.313 e. The first kappa shape index (κ1) is 14.0. The SMILES string of the molecule is CC.COCOC(=O)C(C)(C)C. The van der Waals surface area contributed by atoms with Crippen molar-refractivity contribution in [2.45, 2.75) is 34.6 Å². The highest BCUT2D eigenvalue weighted by atomic mass is 16.7. The van der Waals surface area contributed by atoms with Crippen molar-refractivity contribution in [3.8, 4) is 0 Å². The van der Waals surface area contributed by atoms with E-state index in [-0.39, 0.29) is 12.8 Å². The molecule has 3 nitrogen and oxygen atoms in total. The molecule has 0 spiro atoms. The van der Waals surface area contributed by atoms with E-state index in [1.54, 1.807) is 20.8 Å². The summed E-state index contributed by atoms with van der Waals surface area (Å²) >= 11 is 0. The molecule has 3 heteroatoms. The van der Waals surface area contributed by atoms with Gasteiger partial charge in [-0.1, -0.05) is 13.8 Å². The van der Waals surface area contributed by atoms with E-state index in [2.05, 4.69) is 4.74 Å². The molecule has 0 aliphatic heterocycles. The maximum Gasteiger partial charge on any atom is 0.313 e. The molecule has 0 atom stereocenters. The largest absolute Gasteiger partial charge is 0.438 e. The minimum atomic E-state index is -0.432. The van der Waals surface area contributed by atoms with Crippen LogP contribution in [0.1, 0.15) is 34.6 Å². The van der Waals surface area contributed by atoms with E-state index in [9.17, 15) is 4.79 Å². The Hall–Kier alpha value is -0.570. The van der Waals surface area contributed by atoms with Gasteiger partial charge in [-0.05, 0) is 20.8 Å². The van der Waals surface area contributed by atoms with Crippen LogP contribution in [0.2, 0.25) is 0 Å². The van der Waals surface area contributed by atoms with Crippen LogP contribution in [0, 0.1) is 5.41 Å². The number of hydrogen-bond acceptors (Lipinski definition) is 3. The van der Waals surface area contributed by atoms with Crippen LogP contribution < -0.4 is 0 Å². The van der Waals surface area contributed by atoms with Gasteiger partial charge in [-0.2, -0.15) is 0 Å². The van der Waals surface area contributed by atoms with Crippen LogP contribution in [-0.4, -0.2) is 19.9 Å². The Labute approximate surface area is 75.1 Å². The summed E-state index contributed by atoms with van der Waals surface area (Å²) < 4.78 is 9.26. The molecule has 0 bridgehead atoms. The van der Waals surface area contributed by atoms with Gasteiger partial charge in [0.05, 0.1) is 5.41 Å². The second-order valence-electron chi connectivity index (χ2n) is 3.09. The van der Waals surface area contributed by atoms with E-state index in [0.29, 0.717) is 0 Å². The summed E-state index contributed by atoms with van der Waals surface area (Å²) in [6, 6.07) is 0. The minimum Gasteiger partial charge on any atom is -0.438 e. The molecule has 0 saturated heterocycles. The molecule has 0 saturated carbocycles. The predicted octanol–water partition coefficient (Wildman–Crippen LogP) is 2.21. The highest BCUT2D eigenvalue weighted by molar-refractivity contribution is 5.75. The molecular formula is C9H20O3. The fourth-order valence-electron chi connectivity index (χ4n) is 0.329. The van der Waals surface area contributed by atoms with Crippen molar-refractivity contribution in [2.24, 2.45) is 5.41 Å². The molecule has 0 radical (unpaired) electrons. The molecule has 74 valence electrons. The second-order valence-corrected chi connectivity index (χ2v) is 3.09. The maximum atomic E-state index is 10.9. The molecule has 0 aromatic heterocycles. The number of carbonyl (C=O) groups excluding carboxylic acids is 1. The van der Waals surface area contributed by atoms with Gasteiger partial charge in [-0.25, -0.2) is 0 Å². The lowest BCUT2D eigenvalue weighted by Crippen LogP contribution is -2.23. The van der Waals surface area contributed by atoms with Crippen molar-refractivity contribution in [1.82, 2.24) is 0 Å². The third-order valence-corrected chi connectivity index (χ3v) is 0.920. The van der Waals surface area contributed by atoms with Crippen molar-refractivity contribution < 1.29 is 14.3 Å². The molecule has 0 rings (SSSR count). The first-order chi connectivity index (χ1) is 5.48. The van der Waals surface area contributed by atoms with Crippen LogP contribution >= 0.6 is 0 Å². The van der Waals surface area contributed by atoms with Gasteiger partial charge >= 0.3 is 5.97 Å². The van der Waals surface area contributed by atoms with Crippen LogP contribution in [0.5, 0.6) is 0 Å². The molecule has 0 aromatic carbocycles. The standard InChI is InChI=1S/C7H14O3.C2H6/c1-7(2,3)6(8)10-5-9-4;1-2/h5H2,1-4H3;1-2H3. The molecule has 0 aliphatic rings. The minimum absolute atomic E-state index is 0.0378. The van der Waals surface area contributed by atoms with Crippen molar-refractivity contribution in [1.29, 1.82) is 0 Å². The third-order valence-electron chi connectivity index (χ3n) is 0.920. The Kier molecular flexibility index (Phi) is 8.27. The maximum absolute atomic E-state index is 10.9. The lowest BCUT2D eigenvalue weighted by Gasteiger charge is -2.15. The Morgan fingerprint density at radius 3 is 1.92 bits per heavy atom. The first-order valence-electron chi connectivity index (χ1n) is 4.14. The topological polar surface area (TPSA) is 35.5 Å². The van der Waals surface area contributed by atoms with Gasteiger partial charge in [0.15, 0.2) is 6.79 Å². The average Bonchev–Trinajstić information content (AvgIpc) is 2.02. The number of ether oxygens (including phenoxy) is 2. The quantitative estimate of drug-likeness (QED) is 0.478. The second kappa shape index (κ2) is 7.10. The fraction of sp³-hybridized carbons (Fsp3) is 0.889. The Balaban J connectivity index is 0. The zero-order chi connectivity index (χ0) is 10.2. The van der Waals surface area contributed by atoms with Crippen molar-refractivity contribution in [3.05, 3.63) is 0 Å². The molecule has 0 aliphatic carbocycles. The van der Waals surface area contributed by atoms with Crippen LogP contribution in [0.15, 0.2) is 0 Å². The van der Waals surface area contributed by atoms with Gasteiger partial charge < -0.3 is 9.47 Å². The number of hydrogen-bond donors (Lipinski definition) is 0. The number of methoxy groups -OCH3 is 1. The van der Waals surface area contributed by atoms with Crippen LogP contribution in [0.25, 0.3) is 0 Å². The van der Waals surface area contributed by atoms with Crippen LogP contribution in [0.4, 0.5) is 0 Å². The van der Waals surface area contributed by atoms with Crippen molar-refractivity contribution in [2.75, 3.05) is 13.9 Å². The number of esters is 1. The summed E-state index contributed by atoms with van der Waals surface area (Å²) in [5.41, 5.74) is -0.432. The van der Waals surface area contributed by atoms with E-state index in [4.69, 9.17) is 4.74 Å². The molecule has 0 aromatic rings. The Bertz CT molecular complexity index is 113. The van der Waals surface area contributed by atoms with Gasteiger partial charge in [-0.3, -0.25) is 4.79 Å². The van der Waals surface area contributed by atoms with Gasteiger partial charge in [-0.15, -0.1) is 0 Å². The van der Waals surface area contributed by atoms with E-state index in [1.165, 1.54) is 7.11 Å². The molecule has 0 N–H and O–H groups in total. The van der Waals surface area contributed by atoms with Gasteiger partial charge in [0.25, 0.3) is 0 Å². The first-order valence-corrected chi connectivity index (χ1v) is 4.14. The summed E-state index contributed by atoms with van der Waals surface area (Å²) in [4.78, 5) is 10.9. The highest BCUT2D eigenvalue weighted by Crippen LogP contribution is 2.14. The van der Waals surface area contributed by atoms with Crippen molar-refractivity contribution >= 4 is 5.97 Å². The normalized spacial score (nSPS) is 9.83. The third kappa shape index (κ3) is 7.54. The van der Waals surface area contributed by atoms with Crippen molar-refractivity contribution in [3.63, 3.8) is 0 Å². The Morgan fingerprint density at radius 2 is 1.67 bits per heavy atom. The van der Waals surface area contributed by atoms with E-state index >= 15 is 0 Å². The summed E-state index contributed by atoms with van der Waals surface area (Å²) in [5.74, 6) is -0.241. The number of rotatable bonds is 2. The lowest BCUT2D eigenvalue weighted by molar-refractivity contribution is -0.163. The monoisotopic (exact) mass is 176 g/mol. The molecule has 0 amide bonds. The summed E-state index contributed by atoms with van der Waals surface area (Å²) in [7, 11) is 1.48. The zero-order valence-electron chi connectivity index (χ0n) is 8.93. The highest BCUT2D eigenvalue weighted by Gasteiger charge is 2.22. The molecule has 12 heavy (non-hydrogen) atoms. The number of carbonyl (C=O) groups is 1. The predicted molar refractivity (Wildman–Crippen MR) is 48.8 cm³/mol.